The first-order valence-electron chi connectivity index (χ1n) is 6.38. The molecule has 0 saturated carbocycles. The molecule has 1 N–H and O–H groups in total. The zero-order valence-corrected chi connectivity index (χ0v) is 10.6. The van der Waals surface area contributed by atoms with Crippen LogP contribution in [0.3, 0.4) is 0 Å². The quantitative estimate of drug-likeness (QED) is 0.694. The molecule has 0 amide bonds. The van der Waals surface area contributed by atoms with E-state index in [1.54, 1.807) is 5.57 Å². The van der Waals surface area contributed by atoms with Crippen LogP contribution < -0.4 is 0 Å². The van der Waals surface area contributed by atoms with Crippen LogP contribution in [0.25, 0.3) is 0 Å². The van der Waals surface area contributed by atoms with Crippen LogP contribution >= 0.6 is 0 Å². The van der Waals surface area contributed by atoms with Crippen LogP contribution in [0.5, 0.6) is 0 Å². The summed E-state index contributed by atoms with van der Waals surface area (Å²) in [7, 11) is 0. The number of hydrogen-bond acceptors (Lipinski definition) is 1. The van der Waals surface area contributed by atoms with Crippen molar-refractivity contribution in [1.82, 2.24) is 0 Å². The molecule has 0 fully saturated rings. The third-order valence-electron chi connectivity index (χ3n) is 3.34. The molecule has 88 valence electrons. The molecule has 1 atom stereocenters. The van der Waals surface area contributed by atoms with E-state index in [1.165, 1.54) is 32.1 Å². The van der Waals surface area contributed by atoms with Crippen molar-refractivity contribution < 1.29 is 5.11 Å². The van der Waals surface area contributed by atoms with Crippen molar-refractivity contribution in [2.75, 3.05) is 0 Å². The maximum Gasteiger partial charge on any atom is 0.0591 e. The summed E-state index contributed by atoms with van der Waals surface area (Å²) in [6.07, 6.45) is 10.9. The van der Waals surface area contributed by atoms with Crippen LogP contribution in [0.2, 0.25) is 0 Å². The first-order chi connectivity index (χ1) is 6.97. The summed E-state index contributed by atoms with van der Waals surface area (Å²) < 4.78 is 0. The predicted molar refractivity (Wildman–Crippen MR) is 65.9 cm³/mol. The Hall–Kier alpha value is -0.300. The van der Waals surface area contributed by atoms with Crippen molar-refractivity contribution in [2.45, 2.75) is 71.3 Å². The minimum atomic E-state index is -0.488. The summed E-state index contributed by atoms with van der Waals surface area (Å²) in [5.74, 6) is 0.896. The molecule has 0 aromatic heterocycles. The Labute approximate surface area is 94.6 Å². The first-order valence-corrected chi connectivity index (χ1v) is 6.38. The lowest BCUT2D eigenvalue weighted by Gasteiger charge is -2.17. The molecule has 15 heavy (non-hydrogen) atoms. The lowest BCUT2D eigenvalue weighted by molar-refractivity contribution is 0.0689. The lowest BCUT2D eigenvalue weighted by Crippen LogP contribution is -2.17. The third kappa shape index (κ3) is 5.99. The van der Waals surface area contributed by atoms with E-state index in [4.69, 9.17) is 0 Å². The maximum absolute atomic E-state index is 9.63. The van der Waals surface area contributed by atoms with Crippen LogP contribution in [0.1, 0.15) is 65.7 Å². The Balaban J connectivity index is 2.23. The SMILES string of the molecule is CC1CCC=C(CCCC(C)(C)O)CC1. The summed E-state index contributed by atoms with van der Waals surface area (Å²) >= 11 is 0. The average molecular weight is 210 g/mol. The Kier molecular flexibility index (Phi) is 4.85. The van der Waals surface area contributed by atoms with Crippen molar-refractivity contribution in [2.24, 2.45) is 5.92 Å². The van der Waals surface area contributed by atoms with Gasteiger partial charge in [0.1, 0.15) is 0 Å². The van der Waals surface area contributed by atoms with E-state index in [9.17, 15) is 5.11 Å². The zero-order chi connectivity index (χ0) is 11.3. The standard InChI is InChI=1S/C14H26O/c1-12-6-4-7-13(10-9-12)8-5-11-14(2,3)15/h7,12,15H,4-6,8-11H2,1-3H3. The fourth-order valence-corrected chi connectivity index (χ4v) is 2.23. The molecule has 0 aromatic rings. The highest BCUT2D eigenvalue weighted by Crippen LogP contribution is 2.26. The summed E-state index contributed by atoms with van der Waals surface area (Å²) in [6, 6.07) is 0. The van der Waals surface area contributed by atoms with Gasteiger partial charge in [0.15, 0.2) is 0 Å². The minimum Gasteiger partial charge on any atom is -0.390 e. The van der Waals surface area contributed by atoms with Crippen molar-refractivity contribution in [3.63, 3.8) is 0 Å². The molecule has 1 rings (SSSR count). The van der Waals surface area contributed by atoms with Gasteiger partial charge >= 0.3 is 0 Å². The molecule has 1 unspecified atom stereocenters. The topological polar surface area (TPSA) is 20.2 Å². The van der Waals surface area contributed by atoms with Gasteiger partial charge in [0, 0.05) is 0 Å². The highest BCUT2D eigenvalue weighted by molar-refractivity contribution is 5.04. The second-order valence-electron chi connectivity index (χ2n) is 5.75. The molecule has 0 heterocycles. The van der Waals surface area contributed by atoms with E-state index < -0.39 is 5.60 Å². The Morgan fingerprint density at radius 1 is 1.40 bits per heavy atom. The van der Waals surface area contributed by atoms with E-state index in [0.717, 1.165) is 18.8 Å². The van der Waals surface area contributed by atoms with Crippen molar-refractivity contribution in [1.29, 1.82) is 0 Å². The van der Waals surface area contributed by atoms with E-state index in [0.29, 0.717) is 0 Å². The van der Waals surface area contributed by atoms with Crippen molar-refractivity contribution >= 4 is 0 Å². The number of rotatable bonds is 4. The molecule has 0 radical (unpaired) electrons. The molecule has 0 spiro atoms. The second-order valence-corrected chi connectivity index (χ2v) is 5.75. The van der Waals surface area contributed by atoms with Gasteiger partial charge in [0.25, 0.3) is 0 Å². The molecule has 1 aliphatic carbocycles. The Morgan fingerprint density at radius 3 is 2.80 bits per heavy atom. The van der Waals surface area contributed by atoms with Gasteiger partial charge in [-0.15, -0.1) is 0 Å². The van der Waals surface area contributed by atoms with Crippen LogP contribution in [0.4, 0.5) is 0 Å². The molecule has 0 bridgehead atoms. The fourth-order valence-electron chi connectivity index (χ4n) is 2.23. The smallest absolute Gasteiger partial charge is 0.0591 e. The molecule has 1 aliphatic rings. The lowest BCUT2D eigenvalue weighted by atomic mass is 9.96. The summed E-state index contributed by atoms with van der Waals surface area (Å²) in [5.41, 5.74) is 1.14. The van der Waals surface area contributed by atoms with Gasteiger partial charge in [0.2, 0.25) is 0 Å². The average Bonchev–Trinajstić information content (AvgIpc) is 2.29. The predicted octanol–water partition coefficient (Wildman–Crippen LogP) is 4.06. The monoisotopic (exact) mass is 210 g/mol. The van der Waals surface area contributed by atoms with Crippen LogP contribution in [0.15, 0.2) is 11.6 Å². The van der Waals surface area contributed by atoms with Crippen LogP contribution in [-0.2, 0) is 0 Å². The van der Waals surface area contributed by atoms with Crippen molar-refractivity contribution in [3.8, 4) is 0 Å². The van der Waals surface area contributed by atoms with Crippen molar-refractivity contribution in [3.05, 3.63) is 11.6 Å². The van der Waals surface area contributed by atoms with Gasteiger partial charge in [-0.2, -0.15) is 0 Å². The molecule has 0 aliphatic heterocycles. The third-order valence-corrected chi connectivity index (χ3v) is 3.34. The summed E-state index contributed by atoms with van der Waals surface area (Å²) in [6.45, 7) is 6.15. The van der Waals surface area contributed by atoms with Gasteiger partial charge in [-0.3, -0.25) is 0 Å². The van der Waals surface area contributed by atoms with Gasteiger partial charge in [-0.05, 0) is 64.7 Å². The molecular weight excluding hydrogens is 184 g/mol. The van der Waals surface area contributed by atoms with E-state index >= 15 is 0 Å². The summed E-state index contributed by atoms with van der Waals surface area (Å²) in [4.78, 5) is 0. The van der Waals surface area contributed by atoms with Gasteiger partial charge < -0.3 is 5.11 Å². The maximum atomic E-state index is 9.63. The van der Waals surface area contributed by atoms with Crippen LogP contribution in [-0.4, -0.2) is 10.7 Å². The normalized spacial score (nSPS) is 23.5. The molecule has 0 aromatic carbocycles. The first kappa shape index (κ1) is 12.8. The molecule has 1 heteroatoms. The largest absolute Gasteiger partial charge is 0.390 e. The van der Waals surface area contributed by atoms with Crippen LogP contribution in [0, 0.1) is 5.92 Å². The Morgan fingerprint density at radius 2 is 2.13 bits per heavy atom. The number of allylic oxidation sites excluding steroid dienone is 2. The number of hydrogen-bond donors (Lipinski definition) is 1. The molecular formula is C14H26O. The minimum absolute atomic E-state index is 0.488. The van der Waals surface area contributed by atoms with E-state index in [2.05, 4.69) is 13.0 Å². The van der Waals surface area contributed by atoms with Gasteiger partial charge in [-0.1, -0.05) is 18.6 Å². The molecule has 0 saturated heterocycles. The zero-order valence-electron chi connectivity index (χ0n) is 10.6. The molecule has 1 nitrogen and oxygen atoms in total. The Bertz CT molecular complexity index is 210. The summed E-state index contributed by atoms with van der Waals surface area (Å²) in [5, 5.41) is 9.63. The van der Waals surface area contributed by atoms with Gasteiger partial charge in [-0.25, -0.2) is 0 Å². The fraction of sp³-hybridized carbons (Fsp3) is 0.857. The van der Waals surface area contributed by atoms with E-state index in [-0.39, 0.29) is 0 Å². The second kappa shape index (κ2) is 5.69. The van der Waals surface area contributed by atoms with Gasteiger partial charge in [0.05, 0.1) is 5.60 Å². The highest BCUT2D eigenvalue weighted by Gasteiger charge is 2.13. The number of aliphatic hydroxyl groups is 1. The highest BCUT2D eigenvalue weighted by atomic mass is 16.3. The van der Waals surface area contributed by atoms with E-state index in [1.807, 2.05) is 13.8 Å².